The molecule has 1 aromatic rings. The Balaban J connectivity index is 2.50. The number of hydrogen-bond acceptors (Lipinski definition) is 2. The van der Waals surface area contributed by atoms with Crippen LogP contribution in [0.2, 0.25) is 0 Å². The molecule has 0 aliphatic heterocycles. The highest BCUT2D eigenvalue weighted by Gasteiger charge is 2.44. The van der Waals surface area contributed by atoms with Crippen molar-refractivity contribution in [3.05, 3.63) is 29.1 Å². The number of rotatable bonds is 2. The second kappa shape index (κ2) is 2.95. The lowest BCUT2D eigenvalue weighted by atomic mass is 10.0. The lowest BCUT2D eigenvalue weighted by Crippen LogP contribution is -2.08. The standard InChI is InChI=1S/C11H13FO2/c1-7-5-9(12)8(6-10(7)14-2)11(13)3-4-11/h5-6,13H,3-4H2,1-2H3. The Morgan fingerprint density at radius 3 is 2.57 bits per heavy atom. The molecule has 0 amide bonds. The van der Waals surface area contributed by atoms with Crippen LogP contribution in [-0.2, 0) is 5.60 Å². The van der Waals surface area contributed by atoms with Gasteiger partial charge in [-0.05, 0) is 37.5 Å². The van der Waals surface area contributed by atoms with Gasteiger partial charge in [0.1, 0.15) is 11.6 Å². The highest BCUT2D eigenvalue weighted by atomic mass is 19.1. The third-order valence-electron chi connectivity index (χ3n) is 2.71. The molecule has 14 heavy (non-hydrogen) atoms. The van der Waals surface area contributed by atoms with Crippen molar-refractivity contribution in [2.45, 2.75) is 25.4 Å². The quantitative estimate of drug-likeness (QED) is 0.785. The molecule has 76 valence electrons. The van der Waals surface area contributed by atoms with Crippen molar-refractivity contribution in [3.63, 3.8) is 0 Å². The Morgan fingerprint density at radius 2 is 2.07 bits per heavy atom. The van der Waals surface area contributed by atoms with Crippen LogP contribution in [0.4, 0.5) is 4.39 Å². The molecule has 0 heterocycles. The van der Waals surface area contributed by atoms with E-state index in [0.29, 0.717) is 24.2 Å². The van der Waals surface area contributed by atoms with Crippen molar-refractivity contribution in [1.29, 1.82) is 0 Å². The number of ether oxygens (including phenoxy) is 1. The second-order valence-electron chi connectivity index (χ2n) is 3.83. The molecule has 1 aliphatic carbocycles. The van der Waals surface area contributed by atoms with Gasteiger partial charge in [-0.15, -0.1) is 0 Å². The number of benzene rings is 1. The molecule has 1 N–H and O–H groups in total. The van der Waals surface area contributed by atoms with Crippen molar-refractivity contribution in [1.82, 2.24) is 0 Å². The van der Waals surface area contributed by atoms with Gasteiger partial charge in [0.15, 0.2) is 0 Å². The van der Waals surface area contributed by atoms with Gasteiger partial charge < -0.3 is 9.84 Å². The van der Waals surface area contributed by atoms with Gasteiger partial charge in [-0.1, -0.05) is 0 Å². The first kappa shape index (κ1) is 9.46. The van der Waals surface area contributed by atoms with E-state index in [9.17, 15) is 9.50 Å². The van der Waals surface area contributed by atoms with E-state index in [1.165, 1.54) is 6.07 Å². The molecule has 0 saturated heterocycles. The zero-order valence-electron chi connectivity index (χ0n) is 8.30. The number of methoxy groups -OCH3 is 1. The number of hydrogen-bond donors (Lipinski definition) is 1. The summed E-state index contributed by atoms with van der Waals surface area (Å²) in [7, 11) is 1.54. The Morgan fingerprint density at radius 1 is 1.43 bits per heavy atom. The Hall–Kier alpha value is -1.09. The van der Waals surface area contributed by atoms with Crippen molar-refractivity contribution in [3.8, 4) is 5.75 Å². The zero-order valence-corrected chi connectivity index (χ0v) is 8.30. The van der Waals surface area contributed by atoms with Crippen LogP contribution in [0.5, 0.6) is 5.75 Å². The first-order chi connectivity index (χ1) is 6.57. The van der Waals surface area contributed by atoms with Gasteiger partial charge in [-0.2, -0.15) is 0 Å². The van der Waals surface area contributed by atoms with E-state index < -0.39 is 5.60 Å². The summed E-state index contributed by atoms with van der Waals surface area (Å²) in [5.41, 5.74) is 0.170. The fraction of sp³-hybridized carbons (Fsp3) is 0.455. The van der Waals surface area contributed by atoms with Gasteiger partial charge >= 0.3 is 0 Å². The largest absolute Gasteiger partial charge is 0.496 e. The summed E-state index contributed by atoms with van der Waals surface area (Å²) in [6, 6.07) is 3.00. The van der Waals surface area contributed by atoms with Crippen LogP contribution in [0.15, 0.2) is 12.1 Å². The molecular formula is C11H13FO2. The molecule has 0 aromatic heterocycles. The maximum atomic E-state index is 13.5. The summed E-state index contributed by atoms with van der Waals surface area (Å²) in [5, 5.41) is 9.80. The minimum absolute atomic E-state index is 0.344. The predicted octanol–water partition coefficient (Wildman–Crippen LogP) is 2.12. The Kier molecular flexibility index (Phi) is 2.00. The highest BCUT2D eigenvalue weighted by molar-refractivity contribution is 5.41. The van der Waals surface area contributed by atoms with Crippen molar-refractivity contribution in [2.24, 2.45) is 0 Å². The van der Waals surface area contributed by atoms with Crippen molar-refractivity contribution < 1.29 is 14.2 Å². The van der Waals surface area contributed by atoms with E-state index in [0.717, 1.165) is 5.56 Å². The lowest BCUT2D eigenvalue weighted by molar-refractivity contribution is 0.146. The van der Waals surface area contributed by atoms with Crippen LogP contribution >= 0.6 is 0 Å². The van der Waals surface area contributed by atoms with Crippen molar-refractivity contribution in [2.75, 3.05) is 7.11 Å². The zero-order chi connectivity index (χ0) is 10.3. The molecule has 1 aromatic carbocycles. The van der Waals surface area contributed by atoms with Crippen LogP contribution in [0, 0.1) is 12.7 Å². The summed E-state index contributed by atoms with van der Waals surface area (Å²) >= 11 is 0. The van der Waals surface area contributed by atoms with Crippen LogP contribution in [0.1, 0.15) is 24.0 Å². The number of aliphatic hydroxyl groups is 1. The van der Waals surface area contributed by atoms with E-state index in [1.807, 2.05) is 0 Å². The molecule has 2 rings (SSSR count). The second-order valence-corrected chi connectivity index (χ2v) is 3.83. The van der Waals surface area contributed by atoms with Crippen LogP contribution in [0.25, 0.3) is 0 Å². The average molecular weight is 196 g/mol. The maximum absolute atomic E-state index is 13.5. The van der Waals surface area contributed by atoms with Gasteiger partial charge in [-0.3, -0.25) is 0 Å². The van der Waals surface area contributed by atoms with Gasteiger partial charge in [0.05, 0.1) is 12.7 Å². The molecule has 0 unspecified atom stereocenters. The third-order valence-corrected chi connectivity index (χ3v) is 2.71. The normalized spacial score (nSPS) is 18.0. The highest BCUT2D eigenvalue weighted by Crippen LogP contribution is 2.47. The fourth-order valence-electron chi connectivity index (χ4n) is 1.62. The fourth-order valence-corrected chi connectivity index (χ4v) is 1.62. The molecule has 2 nitrogen and oxygen atoms in total. The molecular weight excluding hydrogens is 183 g/mol. The van der Waals surface area contributed by atoms with Crippen LogP contribution < -0.4 is 4.74 Å². The first-order valence-electron chi connectivity index (χ1n) is 4.64. The van der Waals surface area contributed by atoms with Gasteiger partial charge in [0.2, 0.25) is 0 Å². The first-order valence-corrected chi connectivity index (χ1v) is 4.64. The van der Waals surface area contributed by atoms with E-state index in [1.54, 1.807) is 20.1 Å². The molecule has 3 heteroatoms. The van der Waals surface area contributed by atoms with E-state index in [4.69, 9.17) is 4.74 Å². The topological polar surface area (TPSA) is 29.5 Å². The van der Waals surface area contributed by atoms with Crippen LogP contribution in [-0.4, -0.2) is 12.2 Å². The summed E-state index contributed by atoms with van der Waals surface area (Å²) < 4.78 is 18.6. The van der Waals surface area contributed by atoms with E-state index in [2.05, 4.69) is 0 Å². The molecule has 0 atom stereocenters. The molecule has 0 bridgehead atoms. The molecule has 1 saturated carbocycles. The minimum atomic E-state index is -0.939. The molecule has 1 fully saturated rings. The number of aryl methyl sites for hydroxylation is 1. The predicted molar refractivity (Wildman–Crippen MR) is 50.8 cm³/mol. The SMILES string of the molecule is COc1cc(C2(O)CC2)c(F)cc1C. The minimum Gasteiger partial charge on any atom is -0.496 e. The Labute approximate surface area is 82.3 Å². The van der Waals surface area contributed by atoms with Crippen LogP contribution in [0.3, 0.4) is 0 Å². The monoisotopic (exact) mass is 196 g/mol. The van der Waals surface area contributed by atoms with Gasteiger partial charge in [0, 0.05) is 5.56 Å². The van der Waals surface area contributed by atoms with Crippen molar-refractivity contribution >= 4 is 0 Å². The summed E-state index contributed by atoms with van der Waals surface area (Å²) in [4.78, 5) is 0. The summed E-state index contributed by atoms with van der Waals surface area (Å²) in [6.45, 7) is 1.78. The van der Waals surface area contributed by atoms with E-state index >= 15 is 0 Å². The molecule has 0 spiro atoms. The average Bonchev–Trinajstić information content (AvgIpc) is 2.85. The van der Waals surface area contributed by atoms with Gasteiger partial charge in [-0.25, -0.2) is 4.39 Å². The molecule has 0 radical (unpaired) electrons. The van der Waals surface area contributed by atoms with Gasteiger partial charge in [0.25, 0.3) is 0 Å². The summed E-state index contributed by atoms with van der Waals surface area (Å²) in [6.07, 6.45) is 1.27. The Bertz CT molecular complexity index is 370. The lowest BCUT2D eigenvalue weighted by Gasteiger charge is -2.13. The smallest absolute Gasteiger partial charge is 0.129 e. The maximum Gasteiger partial charge on any atom is 0.129 e. The third kappa shape index (κ3) is 1.38. The molecule has 1 aliphatic rings. The number of halogens is 1. The summed E-state index contributed by atoms with van der Waals surface area (Å²) in [5.74, 6) is 0.282. The van der Waals surface area contributed by atoms with E-state index in [-0.39, 0.29) is 5.82 Å².